The van der Waals surface area contributed by atoms with Crippen LogP contribution in [-0.4, -0.2) is 18.3 Å². The molecule has 0 aliphatic heterocycles. The fourth-order valence-electron chi connectivity index (χ4n) is 2.33. The molecule has 1 aromatic heterocycles. The third-order valence-corrected chi connectivity index (χ3v) is 5.64. The molecule has 1 saturated carbocycles. The summed E-state index contributed by atoms with van der Waals surface area (Å²) < 4.78 is 0. The number of nitrogens with one attached hydrogen (secondary N) is 1. The summed E-state index contributed by atoms with van der Waals surface area (Å²) in [6, 6.07) is 2.07. The number of halogens is 1. The smallest absolute Gasteiger partial charge is 0.261 e. The molecule has 0 saturated heterocycles. The van der Waals surface area contributed by atoms with E-state index in [-0.39, 0.29) is 11.3 Å². The fraction of sp³-hybridized carbons (Fsp3) is 0.615. The molecular formula is C13H16ClNOS. The Balaban J connectivity index is 1.62. The fourth-order valence-corrected chi connectivity index (χ4v) is 3.86. The second-order valence-electron chi connectivity index (χ2n) is 5.23. The number of rotatable bonds is 4. The highest BCUT2D eigenvalue weighted by Gasteiger charge is 2.41. The predicted molar refractivity (Wildman–Crippen MR) is 71.1 cm³/mol. The van der Waals surface area contributed by atoms with Crippen LogP contribution in [0, 0.1) is 5.41 Å². The van der Waals surface area contributed by atoms with Gasteiger partial charge in [0.15, 0.2) is 0 Å². The molecule has 92 valence electrons. The molecule has 1 N–H and O–H groups in total. The van der Waals surface area contributed by atoms with Crippen molar-refractivity contribution >= 4 is 28.8 Å². The van der Waals surface area contributed by atoms with Crippen molar-refractivity contribution in [2.45, 2.75) is 32.1 Å². The first-order valence-electron chi connectivity index (χ1n) is 6.18. The Kier molecular flexibility index (Phi) is 2.91. The zero-order valence-electron chi connectivity index (χ0n) is 9.72. The van der Waals surface area contributed by atoms with Crippen molar-refractivity contribution in [3.05, 3.63) is 21.4 Å². The Morgan fingerprint density at radius 3 is 2.94 bits per heavy atom. The van der Waals surface area contributed by atoms with Crippen molar-refractivity contribution in [2.24, 2.45) is 5.41 Å². The van der Waals surface area contributed by atoms with E-state index in [0.29, 0.717) is 5.88 Å². The number of alkyl halides is 1. The van der Waals surface area contributed by atoms with Crippen molar-refractivity contribution < 1.29 is 4.79 Å². The number of hydrogen-bond donors (Lipinski definition) is 1. The summed E-state index contributed by atoms with van der Waals surface area (Å²) in [4.78, 5) is 14.3. The molecule has 2 aliphatic rings. The number of fused-ring (bicyclic) bond motifs is 1. The van der Waals surface area contributed by atoms with Crippen molar-refractivity contribution in [1.82, 2.24) is 5.32 Å². The third kappa shape index (κ3) is 2.23. The van der Waals surface area contributed by atoms with Crippen LogP contribution in [0.2, 0.25) is 0 Å². The maximum Gasteiger partial charge on any atom is 0.261 e. The van der Waals surface area contributed by atoms with Gasteiger partial charge in [-0.05, 0) is 43.7 Å². The lowest BCUT2D eigenvalue weighted by Crippen LogP contribution is -2.30. The van der Waals surface area contributed by atoms with Crippen LogP contribution in [0.1, 0.15) is 39.4 Å². The molecule has 0 atom stereocenters. The molecule has 1 amide bonds. The summed E-state index contributed by atoms with van der Waals surface area (Å²) in [6.45, 7) is 0.734. The monoisotopic (exact) mass is 269 g/mol. The number of thiophene rings is 1. The first-order valence-corrected chi connectivity index (χ1v) is 7.53. The lowest BCUT2D eigenvalue weighted by Gasteiger charge is -2.11. The highest BCUT2D eigenvalue weighted by Crippen LogP contribution is 2.45. The topological polar surface area (TPSA) is 29.1 Å². The Morgan fingerprint density at radius 2 is 2.29 bits per heavy atom. The van der Waals surface area contributed by atoms with Gasteiger partial charge in [0.1, 0.15) is 0 Å². The zero-order valence-corrected chi connectivity index (χ0v) is 11.3. The molecule has 0 bridgehead atoms. The van der Waals surface area contributed by atoms with E-state index in [4.69, 9.17) is 11.6 Å². The lowest BCUT2D eigenvalue weighted by molar-refractivity contribution is 0.0950. The lowest BCUT2D eigenvalue weighted by atomic mass is 10.1. The summed E-state index contributed by atoms with van der Waals surface area (Å²) >= 11 is 7.56. The number of amides is 1. The average molecular weight is 270 g/mol. The van der Waals surface area contributed by atoms with Crippen molar-refractivity contribution in [1.29, 1.82) is 0 Å². The van der Waals surface area contributed by atoms with Crippen LogP contribution < -0.4 is 5.32 Å². The van der Waals surface area contributed by atoms with Crippen LogP contribution >= 0.6 is 22.9 Å². The van der Waals surface area contributed by atoms with Crippen LogP contribution in [0.3, 0.4) is 0 Å². The van der Waals surface area contributed by atoms with Crippen LogP contribution in [0.4, 0.5) is 0 Å². The van der Waals surface area contributed by atoms with Gasteiger partial charge in [-0.3, -0.25) is 4.79 Å². The minimum absolute atomic E-state index is 0.0841. The van der Waals surface area contributed by atoms with E-state index in [1.165, 1.54) is 16.9 Å². The second-order valence-corrected chi connectivity index (χ2v) is 6.63. The third-order valence-electron chi connectivity index (χ3n) is 3.83. The number of carbonyl (C=O) groups is 1. The highest BCUT2D eigenvalue weighted by molar-refractivity contribution is 7.14. The molecule has 4 heteroatoms. The number of aryl methyl sites for hydroxylation is 2. The van der Waals surface area contributed by atoms with Crippen LogP contribution in [-0.2, 0) is 12.8 Å². The Labute approximate surface area is 110 Å². The van der Waals surface area contributed by atoms with Crippen molar-refractivity contribution in [3.63, 3.8) is 0 Å². The standard InChI is InChI=1S/C13H16ClNOS/c14-7-13(4-5-13)8-15-12(16)11-6-9-2-1-3-10(9)17-11/h6H,1-5,7-8H2,(H,15,16). The van der Waals surface area contributed by atoms with E-state index in [9.17, 15) is 4.79 Å². The SMILES string of the molecule is O=C(NCC1(CCl)CC1)c1cc2c(s1)CCC2. The quantitative estimate of drug-likeness (QED) is 0.837. The molecular weight excluding hydrogens is 254 g/mol. The van der Waals surface area contributed by atoms with Gasteiger partial charge in [0.25, 0.3) is 5.91 Å². The summed E-state index contributed by atoms with van der Waals surface area (Å²) in [5.74, 6) is 0.745. The first-order chi connectivity index (χ1) is 8.22. The summed E-state index contributed by atoms with van der Waals surface area (Å²) in [7, 11) is 0. The molecule has 3 rings (SSSR count). The summed E-state index contributed by atoms with van der Waals surface area (Å²) in [6.07, 6.45) is 5.84. The molecule has 0 spiro atoms. The predicted octanol–water partition coefficient (Wildman–Crippen LogP) is 2.99. The molecule has 2 nitrogen and oxygen atoms in total. The van der Waals surface area contributed by atoms with Gasteiger partial charge >= 0.3 is 0 Å². The van der Waals surface area contributed by atoms with E-state index in [1.807, 2.05) is 0 Å². The molecule has 0 radical (unpaired) electrons. The van der Waals surface area contributed by atoms with Gasteiger partial charge in [0.05, 0.1) is 4.88 Å². The molecule has 2 aliphatic carbocycles. The van der Waals surface area contributed by atoms with Gasteiger partial charge in [-0.2, -0.15) is 0 Å². The van der Waals surface area contributed by atoms with Gasteiger partial charge in [0.2, 0.25) is 0 Å². The zero-order chi connectivity index (χ0) is 11.9. The van der Waals surface area contributed by atoms with Crippen LogP contribution in [0.25, 0.3) is 0 Å². The van der Waals surface area contributed by atoms with Gasteiger partial charge in [0, 0.05) is 22.7 Å². The van der Waals surface area contributed by atoms with Crippen molar-refractivity contribution in [2.75, 3.05) is 12.4 Å². The number of carbonyl (C=O) groups excluding carboxylic acids is 1. The molecule has 1 heterocycles. The normalized spacial score (nSPS) is 20.1. The minimum Gasteiger partial charge on any atom is -0.351 e. The van der Waals surface area contributed by atoms with E-state index < -0.39 is 0 Å². The van der Waals surface area contributed by atoms with Crippen LogP contribution in [0.15, 0.2) is 6.07 Å². The second kappa shape index (κ2) is 4.29. The molecule has 1 fully saturated rings. The maximum atomic E-state index is 12.0. The van der Waals surface area contributed by atoms with Gasteiger partial charge < -0.3 is 5.32 Å². The molecule has 0 unspecified atom stereocenters. The van der Waals surface area contributed by atoms with E-state index >= 15 is 0 Å². The Bertz CT molecular complexity index is 429. The maximum absolute atomic E-state index is 12.0. The molecule has 17 heavy (non-hydrogen) atoms. The Hall–Kier alpha value is -0.540. The van der Waals surface area contributed by atoms with Crippen LogP contribution in [0.5, 0.6) is 0 Å². The first kappa shape index (κ1) is 11.5. The van der Waals surface area contributed by atoms with Gasteiger partial charge in [-0.1, -0.05) is 0 Å². The van der Waals surface area contributed by atoms with Gasteiger partial charge in [-0.15, -0.1) is 22.9 Å². The highest BCUT2D eigenvalue weighted by atomic mass is 35.5. The summed E-state index contributed by atoms with van der Waals surface area (Å²) in [5.41, 5.74) is 1.59. The van der Waals surface area contributed by atoms with Crippen molar-refractivity contribution in [3.8, 4) is 0 Å². The minimum atomic E-state index is 0.0841. The largest absolute Gasteiger partial charge is 0.351 e. The van der Waals surface area contributed by atoms with E-state index in [2.05, 4.69) is 11.4 Å². The van der Waals surface area contributed by atoms with E-state index in [0.717, 1.165) is 37.1 Å². The summed E-state index contributed by atoms with van der Waals surface area (Å²) in [5, 5.41) is 3.03. The molecule has 1 aromatic rings. The molecule has 0 aromatic carbocycles. The van der Waals surface area contributed by atoms with Gasteiger partial charge in [-0.25, -0.2) is 0 Å². The number of hydrogen-bond acceptors (Lipinski definition) is 2. The van der Waals surface area contributed by atoms with E-state index in [1.54, 1.807) is 11.3 Å². The average Bonchev–Trinajstić information content (AvgIpc) is 2.78. The Morgan fingerprint density at radius 1 is 1.47 bits per heavy atom.